The molecule has 0 radical (unpaired) electrons. The van der Waals surface area contributed by atoms with E-state index in [0.717, 1.165) is 11.8 Å². The highest BCUT2D eigenvalue weighted by Crippen LogP contribution is 2.39. The van der Waals surface area contributed by atoms with Crippen molar-refractivity contribution in [3.63, 3.8) is 0 Å². The highest BCUT2D eigenvalue weighted by Gasteiger charge is 2.37. The lowest BCUT2D eigenvalue weighted by atomic mass is 10.0. The maximum absolute atomic E-state index is 13.0. The second kappa shape index (κ2) is 8.03. The van der Waals surface area contributed by atoms with Gasteiger partial charge >= 0.3 is 12.4 Å². The fourth-order valence-corrected chi connectivity index (χ4v) is 3.48. The molecule has 3 rings (SSSR count). The third-order valence-corrected chi connectivity index (χ3v) is 4.77. The summed E-state index contributed by atoms with van der Waals surface area (Å²) in [5, 5.41) is 7.83. The first kappa shape index (κ1) is 21.7. The molecule has 0 N–H and O–H groups in total. The van der Waals surface area contributed by atoms with Crippen LogP contribution in [0.2, 0.25) is 5.15 Å². The lowest BCUT2D eigenvalue weighted by molar-refractivity contribution is -0.143. The van der Waals surface area contributed by atoms with Crippen LogP contribution in [0, 0.1) is 0 Å². The van der Waals surface area contributed by atoms with Crippen molar-refractivity contribution >= 4 is 35.1 Å². The van der Waals surface area contributed by atoms with Crippen molar-refractivity contribution in [2.24, 2.45) is 0 Å². The summed E-state index contributed by atoms with van der Waals surface area (Å²) in [5.74, 6) is -0.505. The molecule has 0 unspecified atom stereocenters. The molecular formula is C15H7ClF6N4OS2. The van der Waals surface area contributed by atoms with E-state index in [1.165, 1.54) is 17.8 Å². The number of aromatic nitrogens is 4. The zero-order valence-corrected chi connectivity index (χ0v) is 16.4. The van der Waals surface area contributed by atoms with Crippen molar-refractivity contribution in [2.45, 2.75) is 27.8 Å². The maximum atomic E-state index is 13.0. The molecular weight excluding hydrogens is 466 g/mol. The van der Waals surface area contributed by atoms with E-state index in [0.29, 0.717) is 22.3 Å². The SMILES string of the molecule is CSc1nc(Cl)cc(Sc2nnc(-c3cc(C(F)(F)F)cc(C(F)(F)F)c3)o2)n1. The number of hydrogen-bond acceptors (Lipinski definition) is 7. The molecule has 29 heavy (non-hydrogen) atoms. The van der Waals surface area contributed by atoms with E-state index in [1.807, 2.05) is 0 Å². The summed E-state index contributed by atoms with van der Waals surface area (Å²) in [6, 6.07) is 2.42. The smallest absolute Gasteiger partial charge is 0.411 e. The molecule has 154 valence electrons. The Morgan fingerprint density at radius 1 is 0.897 bits per heavy atom. The number of thioether (sulfide) groups is 1. The standard InChI is InChI=1S/C15H7ClF6N4OS2/c1-28-12-23-9(16)5-10(24-12)29-13-26-25-11(27-13)6-2-7(14(17,18)19)4-8(3-6)15(20,21)22/h2-5H,1H3. The van der Waals surface area contributed by atoms with Gasteiger partial charge in [-0.15, -0.1) is 10.2 Å². The van der Waals surface area contributed by atoms with Crippen LogP contribution in [0.3, 0.4) is 0 Å². The van der Waals surface area contributed by atoms with Crippen LogP contribution in [0.1, 0.15) is 11.1 Å². The molecule has 3 aromatic rings. The Hall–Kier alpha value is -1.99. The van der Waals surface area contributed by atoms with Crippen molar-refractivity contribution in [1.82, 2.24) is 20.2 Å². The minimum atomic E-state index is -4.99. The van der Waals surface area contributed by atoms with Crippen LogP contribution < -0.4 is 0 Å². The van der Waals surface area contributed by atoms with E-state index in [-0.39, 0.29) is 16.4 Å². The van der Waals surface area contributed by atoms with Gasteiger partial charge in [-0.1, -0.05) is 23.4 Å². The van der Waals surface area contributed by atoms with Crippen molar-refractivity contribution in [2.75, 3.05) is 6.26 Å². The molecule has 0 saturated carbocycles. The van der Waals surface area contributed by atoms with E-state index in [1.54, 1.807) is 6.26 Å². The van der Waals surface area contributed by atoms with Crippen LogP contribution in [0.5, 0.6) is 0 Å². The first-order valence-corrected chi connectivity index (χ1v) is 9.77. The number of benzene rings is 1. The Kier molecular flexibility index (Phi) is 6.01. The first-order valence-electron chi connectivity index (χ1n) is 7.35. The Balaban J connectivity index is 1.97. The van der Waals surface area contributed by atoms with Crippen molar-refractivity contribution < 1.29 is 30.8 Å². The van der Waals surface area contributed by atoms with Crippen LogP contribution in [-0.2, 0) is 12.4 Å². The van der Waals surface area contributed by atoms with E-state index in [2.05, 4.69) is 20.2 Å². The number of halogens is 7. The lowest BCUT2D eigenvalue weighted by Gasteiger charge is -2.12. The molecule has 2 heterocycles. The van der Waals surface area contributed by atoms with Gasteiger partial charge in [-0.3, -0.25) is 0 Å². The molecule has 2 aromatic heterocycles. The molecule has 0 aliphatic carbocycles. The molecule has 0 aliphatic rings. The zero-order valence-electron chi connectivity index (χ0n) is 14.0. The molecule has 0 bridgehead atoms. The van der Waals surface area contributed by atoms with Gasteiger partial charge in [-0.25, -0.2) is 9.97 Å². The van der Waals surface area contributed by atoms with Gasteiger partial charge in [-0.2, -0.15) is 26.3 Å². The molecule has 0 amide bonds. The van der Waals surface area contributed by atoms with Crippen LogP contribution >= 0.6 is 35.1 Å². The predicted octanol–water partition coefficient (Wildman–Crippen LogP) is 6.09. The van der Waals surface area contributed by atoms with Crippen LogP contribution in [0.15, 0.2) is 44.1 Å². The third-order valence-electron chi connectivity index (χ3n) is 3.27. The average Bonchev–Trinajstić information content (AvgIpc) is 3.07. The molecule has 0 saturated heterocycles. The van der Waals surface area contributed by atoms with Gasteiger partial charge in [0.15, 0.2) is 5.16 Å². The summed E-state index contributed by atoms with van der Waals surface area (Å²) in [6.07, 6.45) is -8.25. The fourth-order valence-electron chi connectivity index (χ4n) is 2.06. The molecule has 0 spiro atoms. The van der Waals surface area contributed by atoms with Gasteiger partial charge in [0.25, 0.3) is 5.22 Å². The highest BCUT2D eigenvalue weighted by atomic mass is 35.5. The highest BCUT2D eigenvalue weighted by molar-refractivity contribution is 7.99. The van der Waals surface area contributed by atoms with Crippen LogP contribution in [0.25, 0.3) is 11.5 Å². The van der Waals surface area contributed by atoms with Crippen LogP contribution in [-0.4, -0.2) is 26.4 Å². The summed E-state index contributed by atoms with van der Waals surface area (Å²) in [7, 11) is 0. The summed E-state index contributed by atoms with van der Waals surface area (Å²) in [4.78, 5) is 8.06. The van der Waals surface area contributed by atoms with Gasteiger partial charge < -0.3 is 4.42 Å². The normalized spacial score (nSPS) is 12.4. The molecule has 5 nitrogen and oxygen atoms in total. The lowest BCUT2D eigenvalue weighted by Crippen LogP contribution is -2.11. The quantitative estimate of drug-likeness (QED) is 0.197. The minimum Gasteiger partial charge on any atom is -0.411 e. The largest absolute Gasteiger partial charge is 0.416 e. The van der Waals surface area contributed by atoms with Gasteiger partial charge in [0.05, 0.1) is 11.1 Å². The van der Waals surface area contributed by atoms with Crippen molar-refractivity contribution in [1.29, 1.82) is 0 Å². The van der Waals surface area contributed by atoms with Gasteiger partial charge in [0.2, 0.25) is 5.89 Å². The average molecular weight is 473 g/mol. The van der Waals surface area contributed by atoms with Crippen LogP contribution in [0.4, 0.5) is 26.3 Å². The van der Waals surface area contributed by atoms with E-state index < -0.39 is 34.9 Å². The number of hydrogen-bond donors (Lipinski definition) is 0. The first-order chi connectivity index (χ1) is 13.5. The summed E-state index contributed by atoms with van der Waals surface area (Å²) >= 11 is 7.91. The van der Waals surface area contributed by atoms with E-state index in [4.69, 9.17) is 16.0 Å². The van der Waals surface area contributed by atoms with E-state index in [9.17, 15) is 26.3 Å². The Morgan fingerprint density at radius 2 is 1.52 bits per heavy atom. The Labute approximate surface area is 172 Å². The number of nitrogens with zero attached hydrogens (tertiary/aromatic N) is 4. The third kappa shape index (κ3) is 5.34. The second-order valence-electron chi connectivity index (χ2n) is 5.29. The van der Waals surface area contributed by atoms with Crippen molar-refractivity contribution in [3.05, 3.63) is 40.5 Å². The van der Waals surface area contributed by atoms with E-state index >= 15 is 0 Å². The Bertz CT molecular complexity index is 1010. The maximum Gasteiger partial charge on any atom is 0.416 e. The number of alkyl halides is 6. The molecule has 1 aromatic carbocycles. The molecule has 0 atom stereocenters. The number of rotatable bonds is 4. The predicted molar refractivity (Wildman–Crippen MR) is 92.7 cm³/mol. The fraction of sp³-hybridized carbons (Fsp3) is 0.200. The monoisotopic (exact) mass is 472 g/mol. The minimum absolute atomic E-state index is 0.0162. The molecule has 14 heteroatoms. The van der Waals surface area contributed by atoms with Crippen molar-refractivity contribution in [3.8, 4) is 11.5 Å². The topological polar surface area (TPSA) is 64.7 Å². The van der Waals surface area contributed by atoms with Gasteiger partial charge in [0, 0.05) is 11.6 Å². The molecule has 0 aliphatic heterocycles. The Morgan fingerprint density at radius 3 is 2.07 bits per heavy atom. The van der Waals surface area contributed by atoms with Gasteiger partial charge in [0.1, 0.15) is 10.2 Å². The zero-order chi connectivity index (χ0) is 21.4. The molecule has 0 fully saturated rings. The summed E-state index contributed by atoms with van der Waals surface area (Å²) < 4.78 is 83.1. The summed E-state index contributed by atoms with van der Waals surface area (Å²) in [6.45, 7) is 0. The second-order valence-corrected chi connectivity index (χ2v) is 7.42. The van der Waals surface area contributed by atoms with Gasteiger partial charge in [-0.05, 0) is 36.2 Å². The summed E-state index contributed by atoms with van der Waals surface area (Å²) in [5.41, 5.74) is -3.49.